The Balaban J connectivity index is 0.00000225. The normalized spacial score (nSPS) is 14.7. The van der Waals surface area contributed by atoms with Crippen LogP contribution in [0.5, 0.6) is 0 Å². The smallest absolute Gasteiger partial charge is 0.278 e. The van der Waals surface area contributed by atoms with E-state index in [9.17, 15) is 9.90 Å². The van der Waals surface area contributed by atoms with Crippen LogP contribution in [0, 0.1) is 0 Å². The molecule has 0 atom stereocenters. The maximum absolute atomic E-state index is 12.5. The van der Waals surface area contributed by atoms with Crippen molar-refractivity contribution in [2.45, 2.75) is 19.2 Å². The van der Waals surface area contributed by atoms with Crippen molar-refractivity contribution < 1.29 is 5.11 Å². The van der Waals surface area contributed by atoms with E-state index >= 15 is 0 Å². The van der Waals surface area contributed by atoms with Gasteiger partial charge in [0.15, 0.2) is 5.52 Å². The van der Waals surface area contributed by atoms with E-state index in [4.69, 9.17) is 23.2 Å². The van der Waals surface area contributed by atoms with E-state index in [2.05, 4.69) is 25.3 Å². The van der Waals surface area contributed by atoms with Gasteiger partial charge in [0.05, 0.1) is 28.9 Å². The molecule has 2 aromatic heterocycles. The molecule has 0 bridgehead atoms. The molecule has 11 heteroatoms. The number of likely N-dealkylation sites (tertiary alicyclic amines) is 1. The lowest BCUT2D eigenvalue weighted by atomic mass is 10.2. The van der Waals surface area contributed by atoms with Crippen LogP contribution >= 0.6 is 35.6 Å². The van der Waals surface area contributed by atoms with Gasteiger partial charge in [-0.25, -0.2) is 4.98 Å². The van der Waals surface area contributed by atoms with Gasteiger partial charge in [0, 0.05) is 26.2 Å². The minimum atomic E-state index is -0.252. The maximum Gasteiger partial charge on any atom is 0.278 e. The van der Waals surface area contributed by atoms with Crippen LogP contribution in [0.15, 0.2) is 29.2 Å². The zero-order valence-corrected chi connectivity index (χ0v) is 17.1. The summed E-state index contributed by atoms with van der Waals surface area (Å²) in [6.45, 7) is 3.06. The van der Waals surface area contributed by atoms with Crippen molar-refractivity contribution in [2.75, 3.05) is 25.0 Å². The topological polar surface area (TPSA) is 99.1 Å². The Kier molecular flexibility index (Phi) is 6.47. The number of β-amino-alcohol motifs (C(OH)–C–C–N with tert-alkyl or cyclic N) is 1. The zero-order chi connectivity index (χ0) is 19.0. The lowest BCUT2D eigenvalue weighted by molar-refractivity contribution is 0.000224. The summed E-state index contributed by atoms with van der Waals surface area (Å²) in [5, 5.41) is 17.7. The number of aromatic nitrogens is 4. The van der Waals surface area contributed by atoms with Crippen LogP contribution in [0.2, 0.25) is 10.0 Å². The Hall–Kier alpha value is -1.84. The van der Waals surface area contributed by atoms with Crippen molar-refractivity contribution in [1.29, 1.82) is 0 Å². The molecule has 1 saturated heterocycles. The van der Waals surface area contributed by atoms with Gasteiger partial charge in [0.25, 0.3) is 5.56 Å². The highest BCUT2D eigenvalue weighted by molar-refractivity contribution is 6.42. The first-order valence-electron chi connectivity index (χ1n) is 8.53. The van der Waals surface area contributed by atoms with Crippen LogP contribution in [0.4, 0.5) is 5.95 Å². The number of halogens is 3. The van der Waals surface area contributed by atoms with Gasteiger partial charge in [-0.3, -0.25) is 19.4 Å². The summed E-state index contributed by atoms with van der Waals surface area (Å²) < 4.78 is 1.65. The Bertz CT molecular complexity index is 1030. The zero-order valence-electron chi connectivity index (χ0n) is 14.7. The summed E-state index contributed by atoms with van der Waals surface area (Å²) in [6.07, 6.45) is 1.34. The van der Waals surface area contributed by atoms with Gasteiger partial charge in [-0.05, 0) is 17.7 Å². The fourth-order valence-corrected chi connectivity index (χ4v) is 3.38. The molecule has 3 heterocycles. The van der Waals surface area contributed by atoms with Crippen LogP contribution in [-0.4, -0.2) is 55.5 Å². The average molecular weight is 446 g/mol. The van der Waals surface area contributed by atoms with Crippen molar-refractivity contribution >= 4 is 52.6 Å². The number of nitrogens with zero attached hydrogens (tertiary/aromatic N) is 4. The molecule has 0 unspecified atom stereocenters. The van der Waals surface area contributed by atoms with E-state index in [0.717, 1.165) is 12.1 Å². The number of H-pyrrole nitrogens is 1. The van der Waals surface area contributed by atoms with Gasteiger partial charge >= 0.3 is 0 Å². The number of hydrogen-bond acceptors (Lipinski definition) is 6. The molecule has 0 radical (unpaired) electrons. The van der Waals surface area contributed by atoms with Crippen LogP contribution in [0.25, 0.3) is 11.0 Å². The minimum absolute atomic E-state index is 0. The number of hydrogen-bond donors (Lipinski definition) is 3. The highest BCUT2D eigenvalue weighted by atomic mass is 35.5. The van der Waals surface area contributed by atoms with Crippen molar-refractivity contribution in [3.63, 3.8) is 0 Å². The summed E-state index contributed by atoms with van der Waals surface area (Å²) in [5.74, 6) is 0.365. The highest BCUT2D eigenvalue weighted by Crippen LogP contribution is 2.22. The third-order valence-corrected chi connectivity index (χ3v) is 5.25. The van der Waals surface area contributed by atoms with Gasteiger partial charge in [0.2, 0.25) is 5.95 Å². The third-order valence-electron chi connectivity index (χ3n) is 4.51. The number of nitrogens with one attached hydrogen (secondary N) is 2. The molecular weight excluding hydrogens is 427 g/mol. The number of aliphatic hydroxyl groups excluding tert-OH is 1. The van der Waals surface area contributed by atoms with Crippen LogP contribution < -0.4 is 10.9 Å². The second-order valence-corrected chi connectivity index (χ2v) is 7.35. The molecule has 4 rings (SSSR count). The standard InChI is InChI=1S/C17H18Cl2N6O2.ClH/c18-12-2-1-10(5-13(12)19)6-20-17-22-14-7-21-25(15(14)16(27)23-17)4-3-24-8-11(26)9-24;/h1-2,5,7,11,26H,3-4,6,8-9H2,(H2,20,22,23,27);1H. The van der Waals surface area contributed by atoms with E-state index in [-0.39, 0.29) is 24.1 Å². The molecule has 3 aromatic rings. The van der Waals surface area contributed by atoms with Gasteiger partial charge in [0.1, 0.15) is 5.52 Å². The first-order chi connectivity index (χ1) is 13.0. The fourth-order valence-electron chi connectivity index (χ4n) is 3.06. The quantitative estimate of drug-likeness (QED) is 0.538. The lowest BCUT2D eigenvalue weighted by Gasteiger charge is -2.35. The van der Waals surface area contributed by atoms with Crippen molar-refractivity contribution in [2.24, 2.45) is 0 Å². The Morgan fingerprint density at radius 1 is 1.25 bits per heavy atom. The number of aliphatic hydroxyl groups is 1. The minimum Gasteiger partial charge on any atom is -0.390 e. The molecule has 1 aliphatic rings. The van der Waals surface area contributed by atoms with Crippen molar-refractivity contribution in [3.8, 4) is 0 Å². The summed E-state index contributed by atoms with van der Waals surface area (Å²) >= 11 is 11.9. The second-order valence-electron chi connectivity index (χ2n) is 6.53. The van der Waals surface area contributed by atoms with Crippen molar-refractivity contribution in [1.82, 2.24) is 24.6 Å². The van der Waals surface area contributed by atoms with Crippen LogP contribution in [-0.2, 0) is 13.1 Å². The summed E-state index contributed by atoms with van der Waals surface area (Å²) in [7, 11) is 0. The molecule has 0 spiro atoms. The van der Waals surface area contributed by atoms with Gasteiger partial charge in [-0.2, -0.15) is 5.10 Å². The van der Waals surface area contributed by atoms with Crippen molar-refractivity contribution in [3.05, 3.63) is 50.4 Å². The summed E-state index contributed by atoms with van der Waals surface area (Å²) in [4.78, 5) is 21.8. The summed E-state index contributed by atoms with van der Waals surface area (Å²) in [6, 6.07) is 5.34. The fraction of sp³-hybridized carbons (Fsp3) is 0.353. The van der Waals surface area contributed by atoms with Gasteiger partial charge in [-0.15, -0.1) is 12.4 Å². The molecule has 8 nitrogen and oxygen atoms in total. The average Bonchev–Trinajstić information content (AvgIpc) is 3.02. The van der Waals surface area contributed by atoms with Gasteiger partial charge in [-0.1, -0.05) is 29.3 Å². The van der Waals surface area contributed by atoms with E-state index in [1.54, 1.807) is 23.0 Å². The Labute approximate surface area is 176 Å². The lowest BCUT2D eigenvalue weighted by Crippen LogP contribution is -2.51. The molecule has 150 valence electrons. The van der Waals surface area contributed by atoms with Crippen LogP contribution in [0.3, 0.4) is 0 Å². The van der Waals surface area contributed by atoms with Gasteiger partial charge < -0.3 is 10.4 Å². The molecule has 1 aliphatic heterocycles. The molecule has 1 aromatic carbocycles. The Morgan fingerprint density at radius 3 is 2.75 bits per heavy atom. The largest absolute Gasteiger partial charge is 0.390 e. The molecule has 3 N–H and O–H groups in total. The number of benzene rings is 1. The monoisotopic (exact) mass is 444 g/mol. The predicted octanol–water partition coefficient (Wildman–Crippen LogP) is 2.14. The molecule has 1 fully saturated rings. The SMILES string of the molecule is Cl.O=c1[nH]c(NCc2ccc(Cl)c(Cl)c2)nc2cnn(CCN3CC(O)C3)c12. The number of rotatable bonds is 6. The molecular formula is C17H19Cl3N6O2. The number of aromatic amines is 1. The third kappa shape index (κ3) is 4.42. The number of anilines is 1. The van der Waals surface area contributed by atoms with E-state index in [1.165, 1.54) is 0 Å². The van der Waals surface area contributed by atoms with E-state index < -0.39 is 0 Å². The molecule has 0 aliphatic carbocycles. The first kappa shape index (κ1) is 20.9. The Morgan fingerprint density at radius 2 is 2.04 bits per heavy atom. The maximum atomic E-state index is 12.5. The summed E-state index contributed by atoms with van der Waals surface area (Å²) in [5.41, 5.74) is 1.63. The molecule has 28 heavy (non-hydrogen) atoms. The highest BCUT2D eigenvalue weighted by Gasteiger charge is 2.24. The van der Waals surface area contributed by atoms with E-state index in [1.807, 2.05) is 6.07 Å². The molecule has 0 saturated carbocycles. The predicted molar refractivity (Wildman–Crippen MR) is 112 cm³/mol. The first-order valence-corrected chi connectivity index (χ1v) is 9.29. The second kappa shape index (κ2) is 8.67. The molecule has 0 amide bonds. The number of fused-ring (bicyclic) bond motifs is 1. The van der Waals surface area contributed by atoms with E-state index in [0.29, 0.717) is 53.2 Å². The van der Waals surface area contributed by atoms with Crippen LogP contribution in [0.1, 0.15) is 5.56 Å².